The van der Waals surface area contributed by atoms with E-state index >= 15 is 0 Å². The lowest BCUT2D eigenvalue weighted by atomic mass is 10.1. The fraction of sp³-hybridized carbons (Fsp3) is 0.190. The number of furan rings is 1. The second-order valence-electron chi connectivity index (χ2n) is 6.69. The molecule has 29 heavy (non-hydrogen) atoms. The van der Waals surface area contributed by atoms with Crippen LogP contribution in [0.2, 0.25) is 5.02 Å². The van der Waals surface area contributed by atoms with Gasteiger partial charge in [0.05, 0.1) is 10.5 Å². The highest BCUT2D eigenvalue weighted by Crippen LogP contribution is 2.31. The molecular formula is C21H18ClN3O3S. The number of nitro benzene ring substituents is 1. The van der Waals surface area contributed by atoms with Gasteiger partial charge in [0.15, 0.2) is 5.76 Å². The summed E-state index contributed by atoms with van der Waals surface area (Å²) in [6.45, 7) is 3.20. The molecule has 2 heterocycles. The first kappa shape index (κ1) is 19.4. The summed E-state index contributed by atoms with van der Waals surface area (Å²) in [5.41, 5.74) is 1.59. The lowest BCUT2D eigenvalue weighted by Crippen LogP contribution is -2.48. The number of nitro groups is 1. The molecule has 1 aliphatic heterocycles. The molecule has 0 atom stereocenters. The molecule has 3 aromatic rings. The second-order valence-corrected chi connectivity index (χ2v) is 7.52. The predicted molar refractivity (Wildman–Crippen MR) is 118 cm³/mol. The Bertz CT molecular complexity index is 1040. The average molecular weight is 428 g/mol. The zero-order valence-electron chi connectivity index (χ0n) is 15.5. The van der Waals surface area contributed by atoms with Crippen LogP contribution in [-0.2, 0) is 0 Å². The minimum absolute atomic E-state index is 0.0101. The summed E-state index contributed by atoms with van der Waals surface area (Å²) < 4.78 is 5.88. The minimum Gasteiger partial charge on any atom is -0.453 e. The van der Waals surface area contributed by atoms with E-state index in [1.165, 1.54) is 6.07 Å². The van der Waals surface area contributed by atoms with Crippen LogP contribution < -0.4 is 4.90 Å². The summed E-state index contributed by atoms with van der Waals surface area (Å²) in [6, 6.07) is 17.8. The Morgan fingerprint density at radius 2 is 1.69 bits per heavy atom. The highest BCUT2D eigenvalue weighted by atomic mass is 35.5. The monoisotopic (exact) mass is 427 g/mol. The topological polar surface area (TPSA) is 62.8 Å². The van der Waals surface area contributed by atoms with E-state index in [1.54, 1.807) is 30.3 Å². The zero-order chi connectivity index (χ0) is 20.4. The molecule has 0 unspecified atom stereocenters. The van der Waals surface area contributed by atoms with Crippen molar-refractivity contribution in [2.24, 2.45) is 0 Å². The molecule has 0 aliphatic carbocycles. The molecule has 4 rings (SSSR count). The Hall–Kier alpha value is -2.90. The van der Waals surface area contributed by atoms with Gasteiger partial charge in [0.1, 0.15) is 10.7 Å². The first-order valence-corrected chi connectivity index (χ1v) is 9.95. The minimum atomic E-state index is -0.411. The van der Waals surface area contributed by atoms with Crippen molar-refractivity contribution in [1.82, 2.24) is 4.90 Å². The van der Waals surface area contributed by atoms with Gasteiger partial charge in [-0.05, 0) is 42.5 Å². The Kier molecular flexibility index (Phi) is 5.51. The van der Waals surface area contributed by atoms with Gasteiger partial charge in [-0.3, -0.25) is 10.1 Å². The third-order valence-electron chi connectivity index (χ3n) is 4.94. The van der Waals surface area contributed by atoms with E-state index < -0.39 is 4.92 Å². The van der Waals surface area contributed by atoms with Crippen molar-refractivity contribution in [2.45, 2.75) is 0 Å². The molecule has 0 bridgehead atoms. The third-order valence-corrected chi connectivity index (χ3v) is 5.65. The number of para-hydroxylation sites is 1. The number of thiocarbonyl (C=S) groups is 1. The van der Waals surface area contributed by atoms with Gasteiger partial charge in [-0.15, -0.1) is 0 Å². The first-order chi connectivity index (χ1) is 14.0. The van der Waals surface area contributed by atoms with Crippen LogP contribution >= 0.6 is 23.8 Å². The molecule has 148 valence electrons. The van der Waals surface area contributed by atoms with Crippen LogP contribution in [0, 0.1) is 10.1 Å². The lowest BCUT2D eigenvalue weighted by molar-refractivity contribution is -0.384. The molecule has 2 aromatic carbocycles. The average Bonchev–Trinajstić information content (AvgIpc) is 3.24. The van der Waals surface area contributed by atoms with Gasteiger partial charge in [0, 0.05) is 43.0 Å². The molecule has 0 amide bonds. The van der Waals surface area contributed by atoms with Crippen molar-refractivity contribution in [3.8, 4) is 11.3 Å². The van der Waals surface area contributed by atoms with Crippen molar-refractivity contribution in [1.29, 1.82) is 0 Å². The summed E-state index contributed by atoms with van der Waals surface area (Å²) >= 11 is 11.6. The van der Waals surface area contributed by atoms with E-state index in [9.17, 15) is 10.1 Å². The molecular weight excluding hydrogens is 410 g/mol. The maximum Gasteiger partial charge on any atom is 0.280 e. The Labute approximate surface area is 178 Å². The molecule has 0 N–H and O–H groups in total. The van der Waals surface area contributed by atoms with E-state index in [1.807, 2.05) is 24.3 Å². The largest absolute Gasteiger partial charge is 0.453 e. The van der Waals surface area contributed by atoms with Gasteiger partial charge in [-0.25, -0.2) is 0 Å². The Balaban J connectivity index is 1.45. The molecule has 6 nitrogen and oxygen atoms in total. The van der Waals surface area contributed by atoms with E-state index in [-0.39, 0.29) is 5.69 Å². The SMILES string of the molecule is O=[N+]([O-])c1ccccc1-c1ccc(C(=S)N2CCN(c3ccc(Cl)cc3)CC2)o1. The quantitative estimate of drug-likeness (QED) is 0.331. The van der Waals surface area contributed by atoms with Crippen molar-refractivity contribution >= 4 is 40.2 Å². The Morgan fingerprint density at radius 3 is 2.38 bits per heavy atom. The van der Waals surface area contributed by atoms with Crippen LogP contribution in [0.3, 0.4) is 0 Å². The number of hydrogen-bond donors (Lipinski definition) is 0. The van der Waals surface area contributed by atoms with Crippen LogP contribution in [0.1, 0.15) is 5.76 Å². The third kappa shape index (κ3) is 4.11. The van der Waals surface area contributed by atoms with Crippen molar-refractivity contribution in [3.05, 3.63) is 81.6 Å². The van der Waals surface area contributed by atoms with E-state index in [0.717, 1.165) is 36.9 Å². The highest BCUT2D eigenvalue weighted by molar-refractivity contribution is 7.80. The molecule has 1 aromatic heterocycles. The molecule has 0 saturated carbocycles. The maximum absolute atomic E-state index is 11.3. The molecule has 0 radical (unpaired) electrons. The standard InChI is InChI=1S/C21H18ClN3O3S/c22-15-5-7-16(8-6-15)23-11-13-24(14-12-23)21(29)20-10-9-19(28-20)17-3-1-2-4-18(17)25(26)27/h1-10H,11-14H2. The summed E-state index contributed by atoms with van der Waals surface area (Å²) in [6.07, 6.45) is 0. The van der Waals surface area contributed by atoms with Crippen molar-refractivity contribution < 1.29 is 9.34 Å². The zero-order valence-corrected chi connectivity index (χ0v) is 17.0. The Morgan fingerprint density at radius 1 is 1.00 bits per heavy atom. The number of anilines is 1. The summed E-state index contributed by atoms with van der Waals surface area (Å²) in [7, 11) is 0. The lowest BCUT2D eigenvalue weighted by Gasteiger charge is -2.37. The number of nitrogens with zero attached hydrogens (tertiary/aromatic N) is 3. The number of hydrogen-bond acceptors (Lipinski definition) is 5. The normalized spacial score (nSPS) is 14.1. The molecule has 1 fully saturated rings. The van der Waals surface area contributed by atoms with E-state index in [2.05, 4.69) is 9.80 Å². The van der Waals surface area contributed by atoms with Gasteiger partial charge in [0.25, 0.3) is 5.69 Å². The van der Waals surface area contributed by atoms with Gasteiger partial charge in [-0.1, -0.05) is 36.0 Å². The van der Waals surface area contributed by atoms with Gasteiger partial charge >= 0.3 is 0 Å². The van der Waals surface area contributed by atoms with Gasteiger partial charge in [0.2, 0.25) is 0 Å². The summed E-state index contributed by atoms with van der Waals surface area (Å²) in [5, 5.41) is 12.0. The molecule has 0 spiro atoms. The van der Waals surface area contributed by atoms with Crippen LogP contribution in [0.15, 0.2) is 65.1 Å². The second kappa shape index (κ2) is 8.23. The van der Waals surface area contributed by atoms with Crippen LogP contribution in [0.5, 0.6) is 0 Å². The predicted octanol–water partition coefficient (Wildman–Crippen LogP) is 5.01. The first-order valence-electron chi connectivity index (χ1n) is 9.16. The van der Waals surface area contributed by atoms with Crippen LogP contribution in [0.4, 0.5) is 11.4 Å². The van der Waals surface area contributed by atoms with Gasteiger partial charge < -0.3 is 14.2 Å². The number of rotatable bonds is 4. The maximum atomic E-state index is 11.3. The summed E-state index contributed by atoms with van der Waals surface area (Å²) in [5.74, 6) is 0.988. The van der Waals surface area contributed by atoms with Crippen molar-refractivity contribution in [3.63, 3.8) is 0 Å². The van der Waals surface area contributed by atoms with Crippen molar-refractivity contribution in [2.75, 3.05) is 31.1 Å². The van der Waals surface area contributed by atoms with Crippen LogP contribution in [0.25, 0.3) is 11.3 Å². The summed E-state index contributed by atoms with van der Waals surface area (Å²) in [4.78, 5) is 15.9. The smallest absolute Gasteiger partial charge is 0.280 e. The van der Waals surface area contributed by atoms with E-state index in [4.69, 9.17) is 28.2 Å². The van der Waals surface area contributed by atoms with Gasteiger partial charge in [-0.2, -0.15) is 0 Å². The molecule has 1 saturated heterocycles. The highest BCUT2D eigenvalue weighted by Gasteiger charge is 2.23. The number of piperazine rings is 1. The molecule has 1 aliphatic rings. The molecule has 8 heteroatoms. The fourth-order valence-corrected chi connectivity index (χ4v) is 3.83. The number of benzene rings is 2. The van der Waals surface area contributed by atoms with Crippen LogP contribution in [-0.4, -0.2) is 41.0 Å². The van der Waals surface area contributed by atoms with E-state index in [0.29, 0.717) is 22.1 Å². The fourth-order valence-electron chi connectivity index (χ4n) is 3.41. The number of halogens is 1.